The Bertz CT molecular complexity index is 1000. The van der Waals surface area contributed by atoms with Crippen LogP contribution in [0.2, 0.25) is 0 Å². The van der Waals surface area contributed by atoms with E-state index in [4.69, 9.17) is 0 Å². The van der Waals surface area contributed by atoms with E-state index in [9.17, 15) is 17.2 Å². The van der Waals surface area contributed by atoms with E-state index in [1.54, 1.807) is 30.5 Å². The van der Waals surface area contributed by atoms with Crippen LogP contribution in [0, 0.1) is 11.6 Å². The maximum absolute atomic E-state index is 13.2. The Morgan fingerprint density at radius 3 is 2.40 bits per heavy atom. The number of benzene rings is 2. The Morgan fingerprint density at radius 1 is 1.08 bits per heavy atom. The van der Waals surface area contributed by atoms with Crippen molar-refractivity contribution in [3.63, 3.8) is 0 Å². The first-order valence-electron chi connectivity index (χ1n) is 7.08. The molecule has 0 amide bonds. The average molecular weight is 381 g/mol. The minimum absolute atomic E-state index is 0.314. The van der Waals surface area contributed by atoms with Gasteiger partial charge < -0.3 is 4.57 Å². The highest BCUT2D eigenvalue weighted by molar-refractivity contribution is 7.99. The van der Waals surface area contributed by atoms with Gasteiger partial charge in [-0.15, -0.1) is 0 Å². The van der Waals surface area contributed by atoms with Crippen LogP contribution in [0.3, 0.4) is 0 Å². The third-order valence-electron chi connectivity index (χ3n) is 3.29. The number of halogens is 2. The monoisotopic (exact) mass is 381 g/mol. The summed E-state index contributed by atoms with van der Waals surface area (Å²) in [5.74, 6) is -2.32. The maximum atomic E-state index is 13.2. The van der Waals surface area contributed by atoms with Gasteiger partial charge >= 0.3 is 0 Å². The highest BCUT2D eigenvalue weighted by atomic mass is 32.2. The van der Waals surface area contributed by atoms with Crippen LogP contribution in [0.25, 0.3) is 0 Å². The number of aryl methyl sites for hydroxylation is 1. The molecule has 0 saturated heterocycles. The number of imidazole rings is 1. The lowest BCUT2D eigenvalue weighted by Gasteiger charge is -2.09. The summed E-state index contributed by atoms with van der Waals surface area (Å²) in [6.45, 7) is 0. The van der Waals surface area contributed by atoms with Gasteiger partial charge in [0.2, 0.25) is 0 Å². The third-order valence-corrected chi connectivity index (χ3v) is 5.76. The smallest absolute Gasteiger partial charge is 0.261 e. The van der Waals surface area contributed by atoms with Crippen LogP contribution in [-0.4, -0.2) is 18.0 Å². The van der Waals surface area contributed by atoms with Crippen molar-refractivity contribution in [2.45, 2.75) is 14.9 Å². The fraction of sp³-hybridized carbons (Fsp3) is 0.0625. The molecule has 0 radical (unpaired) electrons. The maximum Gasteiger partial charge on any atom is 0.261 e. The van der Waals surface area contributed by atoms with Crippen molar-refractivity contribution in [3.8, 4) is 0 Å². The molecule has 0 bridgehead atoms. The second-order valence-corrected chi connectivity index (χ2v) is 7.85. The van der Waals surface area contributed by atoms with Gasteiger partial charge in [0.15, 0.2) is 16.8 Å². The van der Waals surface area contributed by atoms with Crippen molar-refractivity contribution in [1.82, 2.24) is 9.55 Å². The Balaban J connectivity index is 1.76. The van der Waals surface area contributed by atoms with E-state index in [1.165, 1.54) is 11.8 Å². The van der Waals surface area contributed by atoms with E-state index in [0.717, 1.165) is 22.2 Å². The van der Waals surface area contributed by atoms with Crippen molar-refractivity contribution in [3.05, 3.63) is 66.5 Å². The summed E-state index contributed by atoms with van der Waals surface area (Å²) in [7, 11) is -2.13. The molecule has 0 spiro atoms. The number of nitrogens with zero attached hydrogens (tertiary/aromatic N) is 2. The van der Waals surface area contributed by atoms with Crippen molar-refractivity contribution >= 4 is 27.5 Å². The molecule has 1 heterocycles. The van der Waals surface area contributed by atoms with E-state index in [-0.39, 0.29) is 4.90 Å². The van der Waals surface area contributed by atoms with Gasteiger partial charge in [-0.1, -0.05) is 11.8 Å². The zero-order valence-electron chi connectivity index (χ0n) is 13.0. The van der Waals surface area contributed by atoms with Crippen molar-refractivity contribution in [2.24, 2.45) is 7.05 Å². The van der Waals surface area contributed by atoms with Gasteiger partial charge in [-0.2, -0.15) is 0 Å². The molecular weight excluding hydrogens is 368 g/mol. The van der Waals surface area contributed by atoms with Gasteiger partial charge in [-0.05, 0) is 42.5 Å². The molecule has 0 saturated carbocycles. The first kappa shape index (κ1) is 17.4. The first-order valence-corrected chi connectivity index (χ1v) is 9.38. The third kappa shape index (κ3) is 3.99. The Hall–Kier alpha value is -2.39. The Kier molecular flexibility index (Phi) is 4.78. The molecule has 2 aromatic carbocycles. The molecule has 9 heteroatoms. The number of rotatable bonds is 5. The van der Waals surface area contributed by atoms with E-state index in [2.05, 4.69) is 9.71 Å². The summed E-state index contributed by atoms with van der Waals surface area (Å²) >= 11 is 1.43. The molecule has 3 rings (SSSR count). The molecular formula is C16H13F2N3O2S2. The standard InChI is InChI=1S/C16H13F2N3O2S2/c1-21-9-8-19-16(21)24-12-4-2-11(3-5-12)20-25(22,23)13-6-7-14(17)15(18)10-13/h2-10,20H,1H3. The molecule has 0 aliphatic heterocycles. The number of sulfonamides is 1. The van der Waals surface area contributed by atoms with Gasteiger partial charge in [0, 0.05) is 30.0 Å². The van der Waals surface area contributed by atoms with Gasteiger partial charge in [-0.25, -0.2) is 22.2 Å². The lowest BCUT2D eigenvalue weighted by atomic mass is 10.3. The number of nitrogens with one attached hydrogen (secondary N) is 1. The molecule has 0 unspecified atom stereocenters. The SMILES string of the molecule is Cn1ccnc1Sc1ccc(NS(=O)(=O)c2ccc(F)c(F)c2)cc1. The van der Waals surface area contributed by atoms with Gasteiger partial charge in [0.25, 0.3) is 10.0 Å². The fourth-order valence-electron chi connectivity index (χ4n) is 2.00. The summed E-state index contributed by atoms with van der Waals surface area (Å²) in [5, 5.41) is 0.801. The number of aromatic nitrogens is 2. The molecule has 5 nitrogen and oxygen atoms in total. The molecule has 1 aromatic heterocycles. The zero-order chi connectivity index (χ0) is 18.0. The van der Waals surface area contributed by atoms with Crippen LogP contribution < -0.4 is 4.72 Å². The molecule has 130 valence electrons. The summed E-state index contributed by atoms with van der Waals surface area (Å²) in [6, 6.07) is 9.07. The zero-order valence-corrected chi connectivity index (χ0v) is 14.6. The van der Waals surface area contributed by atoms with Crippen molar-refractivity contribution in [1.29, 1.82) is 0 Å². The van der Waals surface area contributed by atoms with Crippen LogP contribution in [0.4, 0.5) is 14.5 Å². The van der Waals surface area contributed by atoms with Gasteiger partial charge in [0.05, 0.1) is 4.90 Å². The quantitative estimate of drug-likeness (QED) is 0.733. The van der Waals surface area contributed by atoms with E-state index in [0.29, 0.717) is 11.8 Å². The number of anilines is 1. The van der Waals surface area contributed by atoms with E-state index < -0.39 is 21.7 Å². The second kappa shape index (κ2) is 6.85. The summed E-state index contributed by atoms with van der Waals surface area (Å²) in [6.07, 6.45) is 3.51. The lowest BCUT2D eigenvalue weighted by molar-refractivity contribution is 0.504. The molecule has 3 aromatic rings. The first-order chi connectivity index (χ1) is 11.8. The molecule has 0 fully saturated rings. The summed E-state index contributed by atoms with van der Waals surface area (Å²) in [4.78, 5) is 4.73. The Labute approximate surface area is 147 Å². The van der Waals surface area contributed by atoms with Gasteiger partial charge in [0.1, 0.15) is 0 Å². The fourth-order valence-corrected chi connectivity index (χ4v) is 3.88. The van der Waals surface area contributed by atoms with Crippen LogP contribution in [0.5, 0.6) is 0 Å². The molecule has 25 heavy (non-hydrogen) atoms. The van der Waals surface area contributed by atoms with Gasteiger partial charge in [-0.3, -0.25) is 4.72 Å². The van der Waals surface area contributed by atoms with E-state index >= 15 is 0 Å². The number of hydrogen-bond acceptors (Lipinski definition) is 4. The van der Waals surface area contributed by atoms with Crippen LogP contribution in [-0.2, 0) is 17.1 Å². The minimum Gasteiger partial charge on any atom is -0.329 e. The minimum atomic E-state index is -4.00. The molecule has 0 aliphatic carbocycles. The normalized spacial score (nSPS) is 11.5. The molecule has 0 atom stereocenters. The van der Waals surface area contributed by atoms with Crippen LogP contribution in [0.1, 0.15) is 0 Å². The highest BCUT2D eigenvalue weighted by Gasteiger charge is 2.16. The highest BCUT2D eigenvalue weighted by Crippen LogP contribution is 2.27. The predicted molar refractivity (Wildman–Crippen MR) is 90.9 cm³/mol. The molecule has 0 aliphatic rings. The topological polar surface area (TPSA) is 64.0 Å². The summed E-state index contributed by atoms with van der Waals surface area (Å²) in [5.41, 5.74) is 0.314. The lowest BCUT2D eigenvalue weighted by Crippen LogP contribution is -2.13. The van der Waals surface area contributed by atoms with E-state index in [1.807, 2.05) is 17.8 Å². The predicted octanol–water partition coefficient (Wildman–Crippen LogP) is 3.65. The van der Waals surface area contributed by atoms with Crippen LogP contribution in [0.15, 0.2) is 69.8 Å². The second-order valence-electron chi connectivity index (χ2n) is 5.13. The molecule has 1 N–H and O–H groups in total. The average Bonchev–Trinajstić information content (AvgIpc) is 2.96. The van der Waals surface area contributed by atoms with Crippen molar-refractivity contribution in [2.75, 3.05) is 4.72 Å². The number of hydrogen-bond donors (Lipinski definition) is 1. The van der Waals surface area contributed by atoms with Crippen molar-refractivity contribution < 1.29 is 17.2 Å². The van der Waals surface area contributed by atoms with Crippen LogP contribution >= 0.6 is 11.8 Å². The summed E-state index contributed by atoms with van der Waals surface area (Å²) < 4.78 is 54.8. The Morgan fingerprint density at radius 2 is 1.80 bits per heavy atom. The largest absolute Gasteiger partial charge is 0.329 e.